The number of carbonyl (C=O) groups excluding carboxylic acids is 2. The Balaban J connectivity index is 2.48. The van der Waals surface area contributed by atoms with Crippen molar-refractivity contribution in [3.05, 3.63) is 41.8 Å². The van der Waals surface area contributed by atoms with E-state index in [0.29, 0.717) is 11.3 Å². The van der Waals surface area contributed by atoms with Gasteiger partial charge in [-0.15, -0.1) is 0 Å². The minimum atomic E-state index is -2.17. The largest absolute Gasteiger partial charge is 0.461 e. The van der Waals surface area contributed by atoms with Crippen molar-refractivity contribution in [2.45, 2.75) is 78.2 Å². The molecule has 0 aliphatic rings. The number of hydrogen-bond donors (Lipinski definition) is 1. The molecule has 0 saturated carbocycles. The van der Waals surface area contributed by atoms with E-state index in [4.69, 9.17) is 13.9 Å². The van der Waals surface area contributed by atoms with Gasteiger partial charge in [0.1, 0.15) is 17.1 Å². The summed E-state index contributed by atoms with van der Waals surface area (Å²) in [4.78, 5) is 25.3. The summed E-state index contributed by atoms with van der Waals surface area (Å²) in [5, 5.41) is 7.36. The number of nitrogens with zero attached hydrogens (tertiary/aromatic N) is 2. The van der Waals surface area contributed by atoms with Gasteiger partial charge in [-0.2, -0.15) is 5.10 Å². The van der Waals surface area contributed by atoms with Gasteiger partial charge in [0.25, 0.3) is 0 Å². The molecule has 1 heterocycles. The average Bonchev–Trinajstić information content (AvgIpc) is 3.17. The van der Waals surface area contributed by atoms with Crippen LogP contribution in [0.15, 0.2) is 30.3 Å². The van der Waals surface area contributed by atoms with Crippen molar-refractivity contribution in [3.63, 3.8) is 0 Å². The first-order valence-corrected chi connectivity index (χ1v) is 15.1. The number of amides is 1. The highest BCUT2D eigenvalue weighted by Gasteiger charge is 2.38. The maximum Gasteiger partial charge on any atom is 0.407 e. The molecule has 1 N–H and O–H groups in total. The zero-order valence-corrected chi connectivity index (χ0v) is 23.9. The zero-order chi connectivity index (χ0) is 27.3. The summed E-state index contributed by atoms with van der Waals surface area (Å²) >= 11 is 0. The first-order chi connectivity index (χ1) is 16.5. The van der Waals surface area contributed by atoms with Gasteiger partial charge < -0.3 is 19.2 Å². The van der Waals surface area contributed by atoms with Gasteiger partial charge in [0.15, 0.2) is 8.32 Å². The molecular formula is C26H40FN3O5Si. The van der Waals surface area contributed by atoms with Crippen molar-refractivity contribution in [1.29, 1.82) is 0 Å². The summed E-state index contributed by atoms with van der Waals surface area (Å²) in [7, 11) is -2.17. The second-order valence-electron chi connectivity index (χ2n) is 11.2. The molecule has 1 aromatic heterocycles. The van der Waals surface area contributed by atoms with E-state index < -0.39 is 37.8 Å². The SMILES string of the molecule is CCOC(=O)c1cc(-c2cccc(F)c2)nn1C(CNC(=O)OC(C)(C)C)CO[Si](C)(C)C(C)(C)C. The lowest BCUT2D eigenvalue weighted by Gasteiger charge is -2.37. The van der Waals surface area contributed by atoms with Gasteiger partial charge in [0.05, 0.1) is 24.9 Å². The first-order valence-electron chi connectivity index (χ1n) is 12.2. The maximum atomic E-state index is 13.9. The Morgan fingerprint density at radius 3 is 2.36 bits per heavy atom. The Morgan fingerprint density at radius 1 is 1.14 bits per heavy atom. The molecule has 10 heteroatoms. The van der Waals surface area contributed by atoms with Gasteiger partial charge in [-0.25, -0.2) is 14.0 Å². The lowest BCUT2D eigenvalue weighted by molar-refractivity contribution is 0.0500. The highest BCUT2D eigenvalue weighted by atomic mass is 28.4. The van der Waals surface area contributed by atoms with Crippen LogP contribution in [0.1, 0.15) is 65.0 Å². The van der Waals surface area contributed by atoms with Gasteiger partial charge in [-0.3, -0.25) is 4.68 Å². The Labute approximate surface area is 214 Å². The van der Waals surface area contributed by atoms with Crippen molar-refractivity contribution in [2.75, 3.05) is 19.8 Å². The fourth-order valence-electron chi connectivity index (χ4n) is 3.07. The molecule has 8 nitrogen and oxygen atoms in total. The van der Waals surface area contributed by atoms with Gasteiger partial charge in [0.2, 0.25) is 0 Å². The molecule has 1 amide bonds. The summed E-state index contributed by atoms with van der Waals surface area (Å²) in [5.41, 5.74) is 0.449. The van der Waals surface area contributed by atoms with Crippen LogP contribution in [0.2, 0.25) is 18.1 Å². The van der Waals surface area contributed by atoms with Gasteiger partial charge in [-0.1, -0.05) is 32.9 Å². The van der Waals surface area contributed by atoms with Crippen LogP contribution in [0.25, 0.3) is 11.3 Å². The molecule has 0 radical (unpaired) electrons. The minimum Gasteiger partial charge on any atom is -0.461 e. The van der Waals surface area contributed by atoms with Crippen LogP contribution >= 0.6 is 0 Å². The Hall–Kier alpha value is -2.72. The van der Waals surface area contributed by atoms with E-state index in [9.17, 15) is 14.0 Å². The van der Waals surface area contributed by atoms with Gasteiger partial charge in [-0.05, 0) is 64.0 Å². The van der Waals surface area contributed by atoms with Crippen LogP contribution in [-0.2, 0) is 13.9 Å². The van der Waals surface area contributed by atoms with Crippen LogP contribution in [0.5, 0.6) is 0 Å². The monoisotopic (exact) mass is 521 g/mol. The van der Waals surface area contributed by atoms with E-state index in [1.165, 1.54) is 16.8 Å². The van der Waals surface area contributed by atoms with E-state index in [-0.39, 0.29) is 30.5 Å². The summed E-state index contributed by atoms with van der Waals surface area (Å²) < 4.78 is 32.5. The fourth-order valence-corrected chi connectivity index (χ4v) is 4.11. The van der Waals surface area contributed by atoms with Crippen LogP contribution in [0.4, 0.5) is 9.18 Å². The van der Waals surface area contributed by atoms with Crippen LogP contribution in [0.3, 0.4) is 0 Å². The summed E-state index contributed by atoms with van der Waals surface area (Å²) in [6.07, 6.45) is -0.588. The third-order valence-electron chi connectivity index (χ3n) is 6.01. The Kier molecular flexibility index (Phi) is 9.47. The molecule has 2 aromatic rings. The number of nitrogens with one attached hydrogen (secondary N) is 1. The van der Waals surface area contributed by atoms with Crippen molar-refractivity contribution in [1.82, 2.24) is 15.1 Å². The standard InChI is InChI=1S/C26H40FN3O5Si/c1-10-33-23(31)22-15-21(18-12-11-13-19(27)14-18)29-30(22)20(16-28-24(32)35-25(2,3)4)17-34-36(8,9)26(5,6)7/h11-15,20H,10,16-17H2,1-9H3,(H,28,32). The Bertz CT molecular complexity index is 1060. The zero-order valence-electron chi connectivity index (χ0n) is 22.9. The molecule has 1 unspecified atom stereocenters. The fraction of sp³-hybridized carbons (Fsp3) is 0.577. The molecular weight excluding hydrogens is 481 g/mol. The Morgan fingerprint density at radius 2 is 1.81 bits per heavy atom. The molecule has 0 bridgehead atoms. The lowest BCUT2D eigenvalue weighted by Crippen LogP contribution is -2.44. The number of ether oxygens (including phenoxy) is 2. The molecule has 36 heavy (non-hydrogen) atoms. The van der Waals surface area contributed by atoms with E-state index in [0.717, 1.165) is 0 Å². The molecule has 0 saturated heterocycles. The van der Waals surface area contributed by atoms with Crippen LogP contribution in [-0.4, -0.2) is 55.5 Å². The van der Waals surface area contributed by atoms with E-state index in [1.54, 1.807) is 45.9 Å². The number of rotatable bonds is 9. The number of carbonyl (C=O) groups is 2. The smallest absolute Gasteiger partial charge is 0.407 e. The number of aromatic nitrogens is 2. The molecule has 1 aromatic carbocycles. The second-order valence-corrected chi connectivity index (χ2v) is 16.0. The van der Waals surface area contributed by atoms with Crippen molar-refractivity contribution in [3.8, 4) is 11.3 Å². The highest BCUT2D eigenvalue weighted by molar-refractivity contribution is 6.74. The minimum absolute atomic E-state index is 0.0447. The number of halogens is 1. The van der Waals surface area contributed by atoms with Gasteiger partial charge >= 0.3 is 12.1 Å². The molecule has 0 spiro atoms. The van der Waals surface area contributed by atoms with Crippen molar-refractivity contribution >= 4 is 20.4 Å². The molecule has 1 atom stereocenters. The third-order valence-corrected chi connectivity index (χ3v) is 10.5. The van der Waals surface area contributed by atoms with Crippen molar-refractivity contribution < 1.29 is 27.9 Å². The lowest BCUT2D eigenvalue weighted by atomic mass is 10.1. The molecule has 0 aliphatic carbocycles. The number of hydrogen-bond acceptors (Lipinski definition) is 6. The average molecular weight is 522 g/mol. The van der Waals surface area contributed by atoms with Crippen LogP contribution in [0, 0.1) is 5.82 Å². The molecule has 2 rings (SSSR count). The molecule has 200 valence electrons. The predicted octanol–water partition coefficient (Wildman–Crippen LogP) is 5.95. The summed E-state index contributed by atoms with van der Waals surface area (Å²) in [6.45, 7) is 18.2. The first kappa shape index (κ1) is 29.5. The highest BCUT2D eigenvalue weighted by Crippen LogP contribution is 2.37. The summed E-state index contributed by atoms with van der Waals surface area (Å²) in [6, 6.07) is 7.00. The quantitative estimate of drug-likeness (QED) is 0.324. The molecule has 0 fully saturated rings. The predicted molar refractivity (Wildman–Crippen MR) is 140 cm³/mol. The molecule has 0 aliphatic heterocycles. The van der Waals surface area contributed by atoms with E-state index in [1.807, 2.05) is 0 Å². The second kappa shape index (κ2) is 11.6. The van der Waals surface area contributed by atoms with Gasteiger partial charge in [0, 0.05) is 12.1 Å². The van der Waals surface area contributed by atoms with Crippen LogP contribution < -0.4 is 5.32 Å². The third kappa shape index (κ3) is 8.16. The number of alkyl carbamates (subject to hydrolysis) is 1. The van der Waals surface area contributed by atoms with Crippen molar-refractivity contribution in [2.24, 2.45) is 0 Å². The topological polar surface area (TPSA) is 91.7 Å². The number of esters is 1. The van der Waals surface area contributed by atoms with E-state index in [2.05, 4.69) is 44.3 Å². The summed E-state index contributed by atoms with van der Waals surface area (Å²) in [5.74, 6) is -0.980. The maximum absolute atomic E-state index is 13.9. The normalized spacial score (nSPS) is 13.3. The number of benzene rings is 1. The van der Waals surface area contributed by atoms with E-state index >= 15 is 0 Å².